The van der Waals surface area contributed by atoms with Crippen molar-refractivity contribution < 1.29 is 4.79 Å². The largest absolute Gasteiger partial charge is 0.325 e. The van der Waals surface area contributed by atoms with Crippen molar-refractivity contribution >= 4 is 33.1 Å². The molecular weight excluding hydrogens is 312 g/mol. The van der Waals surface area contributed by atoms with Gasteiger partial charge in [-0.05, 0) is 37.3 Å². The summed E-state index contributed by atoms with van der Waals surface area (Å²) in [7, 11) is 0. The summed E-state index contributed by atoms with van der Waals surface area (Å²) in [5.41, 5.74) is 0.860. The summed E-state index contributed by atoms with van der Waals surface area (Å²) in [4.78, 5) is 30.3. The molecule has 0 bridgehead atoms. The molecule has 23 heavy (non-hydrogen) atoms. The van der Waals surface area contributed by atoms with Gasteiger partial charge in [-0.2, -0.15) is 5.26 Å². The number of carbonyl (C=O) groups is 1. The summed E-state index contributed by atoms with van der Waals surface area (Å²) in [5.74, 6) is -0.329. The van der Waals surface area contributed by atoms with Crippen LogP contribution in [0, 0.1) is 18.3 Å². The van der Waals surface area contributed by atoms with Crippen LogP contribution in [0.2, 0.25) is 0 Å². The zero-order valence-electron chi connectivity index (χ0n) is 12.2. The maximum absolute atomic E-state index is 12.3. The van der Waals surface area contributed by atoms with E-state index in [2.05, 4.69) is 10.3 Å². The van der Waals surface area contributed by atoms with Crippen LogP contribution in [0.25, 0.3) is 10.2 Å². The number of hydrogen-bond acceptors (Lipinski definition) is 5. The first-order chi connectivity index (χ1) is 11.1. The third-order valence-corrected chi connectivity index (χ3v) is 4.21. The number of aryl methyl sites for hydroxylation is 1. The molecule has 0 unspecified atom stereocenters. The van der Waals surface area contributed by atoms with Gasteiger partial charge in [-0.3, -0.25) is 14.2 Å². The summed E-state index contributed by atoms with van der Waals surface area (Å²) in [6.45, 7) is 1.80. The molecule has 0 aliphatic rings. The summed E-state index contributed by atoms with van der Waals surface area (Å²) in [6.07, 6.45) is 1.39. The predicted octanol–water partition coefficient (Wildman–Crippen LogP) is 2.28. The molecule has 3 aromatic rings. The van der Waals surface area contributed by atoms with E-state index in [0.717, 1.165) is 4.88 Å². The van der Waals surface area contributed by atoms with Gasteiger partial charge in [0.25, 0.3) is 5.56 Å². The molecule has 1 aromatic carbocycles. The van der Waals surface area contributed by atoms with Crippen molar-refractivity contribution in [2.24, 2.45) is 0 Å². The Labute approximate surface area is 135 Å². The number of hydrogen-bond donors (Lipinski definition) is 1. The van der Waals surface area contributed by atoms with E-state index in [4.69, 9.17) is 5.26 Å². The number of nitrogens with zero attached hydrogens (tertiary/aromatic N) is 3. The summed E-state index contributed by atoms with van der Waals surface area (Å²) in [5, 5.41) is 12.0. The first-order valence-electron chi connectivity index (χ1n) is 6.82. The fourth-order valence-corrected chi connectivity index (χ4v) is 3.01. The predicted molar refractivity (Wildman–Crippen MR) is 88.4 cm³/mol. The Balaban J connectivity index is 1.78. The number of fused-ring (bicyclic) bond motifs is 1. The van der Waals surface area contributed by atoms with E-state index in [1.54, 1.807) is 30.3 Å². The lowest BCUT2D eigenvalue weighted by molar-refractivity contribution is -0.116. The van der Waals surface area contributed by atoms with E-state index in [-0.39, 0.29) is 18.0 Å². The zero-order valence-corrected chi connectivity index (χ0v) is 13.1. The van der Waals surface area contributed by atoms with Gasteiger partial charge in [0, 0.05) is 10.6 Å². The molecule has 0 fully saturated rings. The molecule has 1 N–H and O–H groups in total. The number of rotatable bonds is 3. The van der Waals surface area contributed by atoms with Crippen LogP contribution in [0.5, 0.6) is 0 Å². The standard InChI is InChI=1S/C16H12N4O2S/c1-10-6-13-15(23-10)18-9-20(16(13)22)8-14(21)19-12-4-2-11(7-17)3-5-12/h2-6,9H,8H2,1H3,(H,19,21). The normalized spacial score (nSPS) is 10.4. The van der Waals surface area contributed by atoms with Gasteiger partial charge in [0.15, 0.2) is 0 Å². The molecule has 2 aromatic heterocycles. The lowest BCUT2D eigenvalue weighted by Crippen LogP contribution is -2.27. The molecular formula is C16H12N4O2S. The van der Waals surface area contributed by atoms with Gasteiger partial charge in [-0.15, -0.1) is 11.3 Å². The molecule has 0 saturated carbocycles. The first-order valence-corrected chi connectivity index (χ1v) is 7.64. The van der Waals surface area contributed by atoms with E-state index in [1.165, 1.54) is 22.2 Å². The number of carbonyl (C=O) groups excluding carboxylic acids is 1. The van der Waals surface area contributed by atoms with E-state index in [9.17, 15) is 9.59 Å². The van der Waals surface area contributed by atoms with E-state index < -0.39 is 0 Å². The minimum atomic E-state index is -0.329. The molecule has 0 spiro atoms. The lowest BCUT2D eigenvalue weighted by atomic mass is 10.2. The average molecular weight is 324 g/mol. The first kappa shape index (κ1) is 14.9. The van der Waals surface area contributed by atoms with Gasteiger partial charge in [-0.25, -0.2) is 4.98 Å². The maximum Gasteiger partial charge on any atom is 0.262 e. The molecule has 0 aliphatic heterocycles. The molecule has 0 saturated heterocycles. The van der Waals surface area contributed by atoms with Crippen molar-refractivity contribution in [3.8, 4) is 6.07 Å². The monoisotopic (exact) mass is 324 g/mol. The molecule has 6 nitrogen and oxygen atoms in total. The highest BCUT2D eigenvalue weighted by Gasteiger charge is 2.10. The van der Waals surface area contributed by atoms with Crippen LogP contribution in [0.4, 0.5) is 5.69 Å². The molecule has 114 valence electrons. The van der Waals surface area contributed by atoms with Gasteiger partial charge in [0.1, 0.15) is 11.4 Å². The van der Waals surface area contributed by atoms with Crippen molar-refractivity contribution in [3.05, 3.63) is 57.5 Å². The van der Waals surface area contributed by atoms with Gasteiger partial charge in [0.2, 0.25) is 5.91 Å². The Morgan fingerprint density at radius 1 is 1.39 bits per heavy atom. The third-order valence-electron chi connectivity index (χ3n) is 3.25. The molecule has 0 atom stereocenters. The third kappa shape index (κ3) is 3.12. The van der Waals surface area contributed by atoms with Crippen LogP contribution >= 0.6 is 11.3 Å². The number of anilines is 1. The number of nitrogens with one attached hydrogen (secondary N) is 1. The number of thiophene rings is 1. The van der Waals surface area contributed by atoms with E-state index >= 15 is 0 Å². The second kappa shape index (κ2) is 6.02. The van der Waals surface area contributed by atoms with E-state index in [0.29, 0.717) is 21.5 Å². The highest BCUT2D eigenvalue weighted by molar-refractivity contribution is 7.18. The molecule has 7 heteroatoms. The van der Waals surface area contributed by atoms with Crippen LogP contribution in [-0.2, 0) is 11.3 Å². The SMILES string of the molecule is Cc1cc2c(=O)n(CC(=O)Nc3ccc(C#N)cc3)cnc2s1. The maximum atomic E-state index is 12.3. The number of benzene rings is 1. The van der Waals surface area contributed by atoms with Crippen LogP contribution in [-0.4, -0.2) is 15.5 Å². The summed E-state index contributed by atoms with van der Waals surface area (Å²) in [6, 6.07) is 10.3. The number of nitriles is 1. The zero-order chi connectivity index (χ0) is 16.4. The molecule has 0 aliphatic carbocycles. The minimum absolute atomic E-state index is 0.114. The second-order valence-corrected chi connectivity index (χ2v) is 6.23. The summed E-state index contributed by atoms with van der Waals surface area (Å²) >= 11 is 1.45. The van der Waals surface area contributed by atoms with Gasteiger partial charge in [0.05, 0.1) is 23.3 Å². The fraction of sp³-hybridized carbons (Fsp3) is 0.125. The Morgan fingerprint density at radius 2 is 2.13 bits per heavy atom. The van der Waals surface area contributed by atoms with Crippen molar-refractivity contribution in [1.29, 1.82) is 5.26 Å². The van der Waals surface area contributed by atoms with Gasteiger partial charge in [-0.1, -0.05) is 0 Å². The Bertz CT molecular complexity index is 980. The Hall–Kier alpha value is -2.98. The van der Waals surface area contributed by atoms with Crippen molar-refractivity contribution in [2.45, 2.75) is 13.5 Å². The molecule has 1 amide bonds. The minimum Gasteiger partial charge on any atom is -0.325 e. The van der Waals surface area contributed by atoms with Gasteiger partial charge < -0.3 is 5.32 Å². The lowest BCUT2D eigenvalue weighted by Gasteiger charge is -2.07. The van der Waals surface area contributed by atoms with Gasteiger partial charge >= 0.3 is 0 Å². The topological polar surface area (TPSA) is 87.8 Å². The van der Waals surface area contributed by atoms with E-state index in [1.807, 2.05) is 13.0 Å². The number of amides is 1. The fourth-order valence-electron chi connectivity index (χ4n) is 2.18. The smallest absolute Gasteiger partial charge is 0.262 e. The number of aromatic nitrogens is 2. The van der Waals surface area contributed by atoms with Crippen LogP contribution in [0.1, 0.15) is 10.4 Å². The quantitative estimate of drug-likeness (QED) is 0.800. The van der Waals surface area contributed by atoms with Crippen molar-refractivity contribution in [3.63, 3.8) is 0 Å². The van der Waals surface area contributed by atoms with Crippen LogP contribution in [0.3, 0.4) is 0 Å². The molecule has 3 rings (SSSR count). The second-order valence-electron chi connectivity index (χ2n) is 4.99. The Morgan fingerprint density at radius 3 is 2.83 bits per heavy atom. The Kier molecular flexibility index (Phi) is 3.91. The van der Waals surface area contributed by atoms with Crippen molar-refractivity contribution in [2.75, 3.05) is 5.32 Å². The van der Waals surface area contributed by atoms with Crippen LogP contribution in [0.15, 0.2) is 41.5 Å². The molecule has 0 radical (unpaired) electrons. The molecule has 2 heterocycles. The highest BCUT2D eigenvalue weighted by Crippen LogP contribution is 2.19. The van der Waals surface area contributed by atoms with Crippen LogP contribution < -0.4 is 10.9 Å². The average Bonchev–Trinajstić information content (AvgIpc) is 2.92. The van der Waals surface area contributed by atoms with Crippen molar-refractivity contribution in [1.82, 2.24) is 9.55 Å². The highest BCUT2D eigenvalue weighted by atomic mass is 32.1. The summed E-state index contributed by atoms with van der Waals surface area (Å²) < 4.78 is 1.29.